The minimum absolute atomic E-state index is 0.0692. The van der Waals surface area contributed by atoms with Gasteiger partial charge in [-0.2, -0.15) is 4.31 Å². The maximum Gasteiger partial charge on any atom is 0.322 e. The first kappa shape index (κ1) is 17.7. The van der Waals surface area contributed by atoms with E-state index in [1.807, 2.05) is 0 Å². The molecule has 0 radical (unpaired) electrons. The number of sulfonamides is 1. The molecule has 10 heteroatoms. The molecule has 1 aromatic carbocycles. The van der Waals surface area contributed by atoms with Crippen molar-refractivity contribution in [2.24, 2.45) is 0 Å². The Kier molecular flexibility index (Phi) is 5.97. The Labute approximate surface area is 131 Å². The maximum atomic E-state index is 12.2. The highest BCUT2D eigenvalue weighted by atomic mass is 35.5. The van der Waals surface area contributed by atoms with Crippen LogP contribution in [0.1, 0.15) is 0 Å². The van der Waals surface area contributed by atoms with Gasteiger partial charge in [0.05, 0.1) is 11.6 Å². The quantitative estimate of drug-likeness (QED) is 0.786. The number of hydrogen-bond acceptors (Lipinski definition) is 4. The van der Waals surface area contributed by atoms with E-state index in [-0.39, 0.29) is 14.9 Å². The molecule has 1 aromatic rings. The second-order valence-electron chi connectivity index (χ2n) is 4.01. The van der Waals surface area contributed by atoms with Gasteiger partial charge in [0.1, 0.15) is 11.4 Å². The molecule has 0 aromatic heterocycles. The van der Waals surface area contributed by atoms with Crippen molar-refractivity contribution in [2.75, 3.05) is 20.1 Å². The highest BCUT2D eigenvalue weighted by molar-refractivity contribution is 7.89. The summed E-state index contributed by atoms with van der Waals surface area (Å²) < 4.78 is 25.2. The van der Waals surface area contributed by atoms with Crippen molar-refractivity contribution in [1.82, 2.24) is 9.62 Å². The minimum atomic E-state index is -3.99. The summed E-state index contributed by atoms with van der Waals surface area (Å²) in [5, 5.41) is 10.7. The SMILES string of the molecule is CN(CC(=O)NCC(=O)O)S(=O)(=O)c1ccc(Cl)cc1Cl. The number of likely N-dealkylation sites (N-methyl/N-ethyl adjacent to an activating group) is 1. The summed E-state index contributed by atoms with van der Waals surface area (Å²) in [5.41, 5.74) is 0. The molecule has 21 heavy (non-hydrogen) atoms. The van der Waals surface area contributed by atoms with Crippen LogP contribution in [0.15, 0.2) is 23.1 Å². The lowest BCUT2D eigenvalue weighted by atomic mass is 10.4. The van der Waals surface area contributed by atoms with Gasteiger partial charge in [-0.3, -0.25) is 9.59 Å². The van der Waals surface area contributed by atoms with Crippen LogP contribution < -0.4 is 5.32 Å². The molecule has 0 fully saturated rings. The van der Waals surface area contributed by atoms with E-state index < -0.39 is 35.0 Å². The number of nitrogens with zero attached hydrogens (tertiary/aromatic N) is 1. The lowest BCUT2D eigenvalue weighted by molar-refractivity contribution is -0.137. The van der Waals surface area contributed by atoms with E-state index >= 15 is 0 Å². The predicted octanol–water partition coefficient (Wildman–Crippen LogP) is 0.815. The smallest absolute Gasteiger partial charge is 0.322 e. The molecule has 0 unspecified atom stereocenters. The number of amides is 1. The Morgan fingerprint density at radius 3 is 2.48 bits per heavy atom. The topological polar surface area (TPSA) is 104 Å². The fraction of sp³-hybridized carbons (Fsp3) is 0.273. The normalized spacial score (nSPS) is 11.4. The van der Waals surface area contributed by atoms with E-state index in [0.717, 1.165) is 4.31 Å². The second kappa shape index (κ2) is 7.08. The predicted molar refractivity (Wildman–Crippen MR) is 76.9 cm³/mol. The van der Waals surface area contributed by atoms with Gasteiger partial charge in [0.2, 0.25) is 15.9 Å². The fourth-order valence-electron chi connectivity index (χ4n) is 1.37. The van der Waals surface area contributed by atoms with Gasteiger partial charge in [0.15, 0.2) is 0 Å². The zero-order valence-electron chi connectivity index (χ0n) is 10.8. The third kappa shape index (κ3) is 4.85. The van der Waals surface area contributed by atoms with Crippen molar-refractivity contribution in [3.8, 4) is 0 Å². The van der Waals surface area contributed by atoms with Crippen LogP contribution in [0.4, 0.5) is 0 Å². The minimum Gasteiger partial charge on any atom is -0.480 e. The Morgan fingerprint density at radius 1 is 1.33 bits per heavy atom. The molecule has 0 saturated carbocycles. The summed E-state index contributed by atoms with van der Waals surface area (Å²) in [6, 6.07) is 3.86. The molecule has 1 rings (SSSR count). The molecule has 1 amide bonds. The molecular formula is C11H12Cl2N2O5S. The van der Waals surface area contributed by atoms with Crippen molar-refractivity contribution in [3.05, 3.63) is 28.2 Å². The highest BCUT2D eigenvalue weighted by Gasteiger charge is 2.25. The molecule has 2 N–H and O–H groups in total. The molecular weight excluding hydrogens is 343 g/mol. The summed E-state index contributed by atoms with van der Waals surface area (Å²) in [6.07, 6.45) is 0. The van der Waals surface area contributed by atoms with Crippen molar-refractivity contribution < 1.29 is 23.1 Å². The number of carbonyl (C=O) groups is 2. The van der Waals surface area contributed by atoms with Gasteiger partial charge in [0.25, 0.3) is 0 Å². The van der Waals surface area contributed by atoms with Crippen molar-refractivity contribution in [1.29, 1.82) is 0 Å². The average Bonchev–Trinajstić information content (AvgIpc) is 2.35. The van der Waals surface area contributed by atoms with Crippen LogP contribution in [-0.2, 0) is 19.6 Å². The van der Waals surface area contributed by atoms with Crippen LogP contribution in [0.3, 0.4) is 0 Å². The number of benzene rings is 1. The molecule has 116 valence electrons. The third-order valence-electron chi connectivity index (χ3n) is 2.39. The molecule has 0 bridgehead atoms. The van der Waals surface area contributed by atoms with Crippen LogP contribution in [0.25, 0.3) is 0 Å². The largest absolute Gasteiger partial charge is 0.480 e. The van der Waals surface area contributed by atoms with Crippen LogP contribution in [0, 0.1) is 0 Å². The Hall–Kier alpha value is -1.35. The lowest BCUT2D eigenvalue weighted by Gasteiger charge is -2.17. The number of hydrogen-bond donors (Lipinski definition) is 2. The number of carboxylic acid groups (broad SMARTS) is 1. The molecule has 0 aliphatic rings. The molecule has 0 aliphatic carbocycles. The second-order valence-corrected chi connectivity index (χ2v) is 6.86. The summed E-state index contributed by atoms with van der Waals surface area (Å²) in [6.45, 7) is -1.12. The third-order valence-corrected chi connectivity index (χ3v) is 4.91. The Bertz CT molecular complexity index is 663. The van der Waals surface area contributed by atoms with Gasteiger partial charge in [-0.05, 0) is 18.2 Å². The van der Waals surface area contributed by atoms with Crippen LogP contribution in [-0.4, -0.2) is 49.8 Å². The molecule has 0 atom stereocenters. The van der Waals surface area contributed by atoms with Crippen LogP contribution in [0.2, 0.25) is 10.0 Å². The zero-order valence-corrected chi connectivity index (χ0v) is 13.2. The first-order valence-electron chi connectivity index (χ1n) is 5.54. The monoisotopic (exact) mass is 354 g/mol. The number of carboxylic acids is 1. The van der Waals surface area contributed by atoms with Crippen LogP contribution >= 0.6 is 23.2 Å². The van der Waals surface area contributed by atoms with Gasteiger partial charge in [-0.1, -0.05) is 23.2 Å². The molecule has 0 spiro atoms. The number of rotatable bonds is 6. The molecule has 0 aliphatic heterocycles. The average molecular weight is 355 g/mol. The van der Waals surface area contributed by atoms with E-state index in [2.05, 4.69) is 5.32 Å². The summed E-state index contributed by atoms with van der Waals surface area (Å²) in [7, 11) is -2.80. The van der Waals surface area contributed by atoms with Crippen LogP contribution in [0.5, 0.6) is 0 Å². The van der Waals surface area contributed by atoms with E-state index in [1.165, 1.54) is 25.2 Å². The Morgan fingerprint density at radius 2 is 1.95 bits per heavy atom. The van der Waals surface area contributed by atoms with Gasteiger partial charge < -0.3 is 10.4 Å². The molecule has 0 heterocycles. The lowest BCUT2D eigenvalue weighted by Crippen LogP contribution is -2.40. The number of carbonyl (C=O) groups excluding carboxylic acids is 1. The highest BCUT2D eigenvalue weighted by Crippen LogP contribution is 2.26. The van der Waals surface area contributed by atoms with E-state index in [4.69, 9.17) is 28.3 Å². The van der Waals surface area contributed by atoms with Crippen molar-refractivity contribution in [2.45, 2.75) is 4.90 Å². The van der Waals surface area contributed by atoms with E-state index in [9.17, 15) is 18.0 Å². The van der Waals surface area contributed by atoms with Gasteiger partial charge in [0, 0.05) is 12.1 Å². The summed E-state index contributed by atoms with van der Waals surface area (Å²) in [5.74, 6) is -1.97. The molecule has 0 saturated heterocycles. The molecule has 7 nitrogen and oxygen atoms in total. The van der Waals surface area contributed by atoms with Crippen molar-refractivity contribution >= 4 is 45.1 Å². The first-order chi connectivity index (χ1) is 9.64. The zero-order chi connectivity index (χ0) is 16.2. The fourth-order valence-corrected chi connectivity index (χ4v) is 3.24. The standard InChI is InChI=1S/C11H12Cl2N2O5S/c1-15(6-10(16)14-5-11(17)18)21(19,20)9-3-2-7(12)4-8(9)13/h2-4H,5-6H2,1H3,(H,14,16)(H,17,18). The maximum absolute atomic E-state index is 12.2. The number of aliphatic carboxylic acids is 1. The number of halogens is 2. The van der Waals surface area contributed by atoms with E-state index in [0.29, 0.717) is 0 Å². The summed E-state index contributed by atoms with van der Waals surface area (Å²) in [4.78, 5) is 21.6. The van der Waals surface area contributed by atoms with E-state index in [1.54, 1.807) is 0 Å². The van der Waals surface area contributed by atoms with Gasteiger partial charge >= 0.3 is 5.97 Å². The first-order valence-corrected chi connectivity index (χ1v) is 7.74. The van der Waals surface area contributed by atoms with Gasteiger partial charge in [-0.25, -0.2) is 8.42 Å². The summed E-state index contributed by atoms with van der Waals surface area (Å²) >= 11 is 11.5. The van der Waals surface area contributed by atoms with Gasteiger partial charge in [-0.15, -0.1) is 0 Å². The Balaban J connectivity index is 2.87. The number of nitrogens with one attached hydrogen (secondary N) is 1. The van der Waals surface area contributed by atoms with Crippen molar-refractivity contribution in [3.63, 3.8) is 0 Å².